The van der Waals surface area contributed by atoms with Crippen molar-refractivity contribution in [2.75, 3.05) is 10.6 Å². The van der Waals surface area contributed by atoms with Crippen molar-refractivity contribution < 1.29 is 9.18 Å². The van der Waals surface area contributed by atoms with Gasteiger partial charge in [0.05, 0.1) is 5.57 Å². The fraction of sp³-hybridized carbons (Fsp3) is 0.148. The highest BCUT2D eigenvalue weighted by Crippen LogP contribution is 2.38. The van der Waals surface area contributed by atoms with Gasteiger partial charge in [-0.2, -0.15) is 4.98 Å². The zero-order valence-electron chi connectivity index (χ0n) is 19.6. The van der Waals surface area contributed by atoms with E-state index in [1.807, 2.05) is 55.5 Å². The fourth-order valence-electron chi connectivity index (χ4n) is 4.13. The van der Waals surface area contributed by atoms with Crippen LogP contribution in [0.15, 0.2) is 89.2 Å². The summed E-state index contributed by atoms with van der Waals surface area (Å²) in [5, 5.41) is 12.0. The van der Waals surface area contributed by atoms with Gasteiger partial charge in [0, 0.05) is 27.7 Å². The Morgan fingerprint density at radius 1 is 1.08 bits per heavy atom. The van der Waals surface area contributed by atoms with Crippen molar-refractivity contribution in [2.45, 2.75) is 30.8 Å². The van der Waals surface area contributed by atoms with Crippen LogP contribution < -0.4 is 10.6 Å². The van der Waals surface area contributed by atoms with E-state index in [1.165, 1.54) is 17.8 Å². The maximum absolute atomic E-state index is 15.1. The number of hydrogen-bond donors (Lipinski definition) is 2. The lowest BCUT2D eigenvalue weighted by atomic mass is 9.94. The lowest BCUT2D eigenvalue weighted by Crippen LogP contribution is -2.32. The number of carbonyl (C=O) groups excluding carboxylic acids is 1. The minimum Gasteiger partial charge on any atom is -0.328 e. The highest BCUT2D eigenvalue weighted by molar-refractivity contribution is 7.98. The molecule has 2 heterocycles. The molecule has 0 aliphatic carbocycles. The minimum absolute atomic E-state index is 0.335. The Balaban J connectivity index is 1.52. The molecule has 1 unspecified atom stereocenters. The number of nitrogens with one attached hydrogen (secondary N) is 2. The predicted molar refractivity (Wildman–Crippen MR) is 142 cm³/mol. The van der Waals surface area contributed by atoms with E-state index in [2.05, 4.69) is 20.7 Å². The monoisotopic (exact) mass is 519 g/mol. The summed E-state index contributed by atoms with van der Waals surface area (Å²) in [7, 11) is 0. The van der Waals surface area contributed by atoms with Crippen molar-refractivity contribution in [3.05, 3.63) is 112 Å². The topological polar surface area (TPSA) is 71.8 Å². The van der Waals surface area contributed by atoms with E-state index < -0.39 is 11.9 Å². The maximum Gasteiger partial charge on any atom is 0.255 e. The van der Waals surface area contributed by atoms with Crippen LogP contribution in [0.4, 0.5) is 16.0 Å². The summed E-state index contributed by atoms with van der Waals surface area (Å²) in [6.45, 7) is 3.71. The van der Waals surface area contributed by atoms with Crippen LogP contribution in [0.5, 0.6) is 0 Å². The Kier molecular flexibility index (Phi) is 6.80. The molecule has 36 heavy (non-hydrogen) atoms. The number of rotatable bonds is 6. The molecular formula is C27H23ClFN5OS. The quantitative estimate of drug-likeness (QED) is 0.281. The molecule has 4 aromatic rings. The molecule has 9 heteroatoms. The molecule has 5 rings (SSSR count). The zero-order chi connectivity index (χ0) is 25.2. The molecular weight excluding hydrogens is 497 g/mol. The summed E-state index contributed by atoms with van der Waals surface area (Å²) >= 11 is 7.72. The smallest absolute Gasteiger partial charge is 0.255 e. The molecule has 0 bridgehead atoms. The van der Waals surface area contributed by atoms with Crippen LogP contribution in [0.1, 0.15) is 29.7 Å². The lowest BCUT2D eigenvalue weighted by molar-refractivity contribution is -0.113. The van der Waals surface area contributed by atoms with E-state index >= 15 is 4.39 Å². The van der Waals surface area contributed by atoms with Crippen LogP contribution in [0.3, 0.4) is 0 Å². The molecule has 0 saturated carbocycles. The van der Waals surface area contributed by atoms with Crippen LogP contribution in [0.2, 0.25) is 5.02 Å². The van der Waals surface area contributed by atoms with Crippen molar-refractivity contribution >= 4 is 40.9 Å². The molecule has 1 amide bonds. The number of carbonyl (C=O) groups is 1. The van der Waals surface area contributed by atoms with E-state index in [0.717, 1.165) is 11.1 Å². The summed E-state index contributed by atoms with van der Waals surface area (Å²) in [5.41, 5.74) is 3.86. The summed E-state index contributed by atoms with van der Waals surface area (Å²) in [4.78, 5) is 18.2. The maximum atomic E-state index is 15.1. The zero-order valence-corrected chi connectivity index (χ0v) is 21.2. The number of allylic oxidation sites excluding steroid dienone is 1. The number of benzene rings is 3. The third-order valence-corrected chi connectivity index (χ3v) is 7.24. The van der Waals surface area contributed by atoms with Crippen LogP contribution in [0, 0.1) is 12.7 Å². The third kappa shape index (κ3) is 4.74. The van der Waals surface area contributed by atoms with E-state index in [4.69, 9.17) is 11.6 Å². The summed E-state index contributed by atoms with van der Waals surface area (Å²) < 4.78 is 16.7. The van der Waals surface area contributed by atoms with Gasteiger partial charge in [0.15, 0.2) is 0 Å². The summed E-state index contributed by atoms with van der Waals surface area (Å²) in [6, 6.07) is 20.7. The fourth-order valence-corrected chi connectivity index (χ4v) is 5.25. The molecule has 1 atom stereocenters. The lowest BCUT2D eigenvalue weighted by Gasteiger charge is -2.29. The second-order valence-corrected chi connectivity index (χ2v) is 9.75. The number of nitrogens with zero attached hydrogens (tertiary/aromatic N) is 3. The molecule has 1 aromatic heterocycles. The van der Waals surface area contributed by atoms with Crippen LogP contribution in [0.25, 0.3) is 0 Å². The van der Waals surface area contributed by atoms with Crippen molar-refractivity contribution in [1.82, 2.24) is 14.8 Å². The molecule has 1 aliphatic heterocycles. The van der Waals surface area contributed by atoms with Gasteiger partial charge in [-0.1, -0.05) is 78.0 Å². The van der Waals surface area contributed by atoms with Gasteiger partial charge in [-0.05, 0) is 43.2 Å². The number of aryl methyl sites for hydroxylation is 1. The second-order valence-electron chi connectivity index (χ2n) is 8.40. The van der Waals surface area contributed by atoms with Gasteiger partial charge in [-0.15, -0.1) is 5.10 Å². The van der Waals surface area contributed by atoms with Crippen LogP contribution in [-0.2, 0) is 10.5 Å². The minimum atomic E-state index is -0.798. The van der Waals surface area contributed by atoms with Gasteiger partial charge < -0.3 is 10.6 Å². The second kappa shape index (κ2) is 10.2. The molecule has 3 aromatic carbocycles. The van der Waals surface area contributed by atoms with Gasteiger partial charge in [0.25, 0.3) is 5.91 Å². The SMILES string of the molecule is CC1=C(C(=O)Nc2ccccc2C)C(c2ccccc2F)n2nc(SCc3ccccc3Cl)nc2N1. The Bertz CT molecular complexity index is 1480. The Morgan fingerprint density at radius 2 is 1.81 bits per heavy atom. The number of halogens is 2. The Morgan fingerprint density at radius 3 is 2.58 bits per heavy atom. The first-order valence-corrected chi connectivity index (χ1v) is 12.7. The number of fused-ring (bicyclic) bond motifs is 1. The van der Waals surface area contributed by atoms with Gasteiger partial charge in [0.1, 0.15) is 11.9 Å². The average molecular weight is 520 g/mol. The normalized spacial score (nSPS) is 14.8. The van der Waals surface area contributed by atoms with E-state index in [0.29, 0.717) is 44.4 Å². The molecule has 0 spiro atoms. The van der Waals surface area contributed by atoms with Crippen molar-refractivity contribution in [1.29, 1.82) is 0 Å². The summed E-state index contributed by atoms with van der Waals surface area (Å²) in [5.74, 6) is 0.245. The van der Waals surface area contributed by atoms with Gasteiger partial charge in [-0.25, -0.2) is 9.07 Å². The van der Waals surface area contributed by atoms with E-state index in [1.54, 1.807) is 29.8 Å². The first-order chi connectivity index (χ1) is 17.4. The number of amides is 1. The average Bonchev–Trinajstić information content (AvgIpc) is 3.27. The largest absolute Gasteiger partial charge is 0.328 e. The van der Waals surface area contributed by atoms with Gasteiger partial charge in [0.2, 0.25) is 11.1 Å². The Hall–Kier alpha value is -3.62. The number of hydrogen-bond acceptors (Lipinski definition) is 5. The highest BCUT2D eigenvalue weighted by Gasteiger charge is 2.36. The van der Waals surface area contributed by atoms with Crippen molar-refractivity contribution in [3.8, 4) is 0 Å². The highest BCUT2D eigenvalue weighted by atomic mass is 35.5. The molecule has 0 radical (unpaired) electrons. The van der Waals surface area contributed by atoms with Crippen molar-refractivity contribution in [3.63, 3.8) is 0 Å². The first-order valence-electron chi connectivity index (χ1n) is 11.3. The van der Waals surface area contributed by atoms with E-state index in [9.17, 15) is 4.79 Å². The predicted octanol–water partition coefficient (Wildman–Crippen LogP) is 6.60. The molecule has 0 saturated heterocycles. The van der Waals surface area contributed by atoms with Gasteiger partial charge >= 0.3 is 0 Å². The molecule has 182 valence electrons. The Labute approximate surface area is 217 Å². The molecule has 6 nitrogen and oxygen atoms in total. The first kappa shape index (κ1) is 24.1. The number of aromatic nitrogens is 3. The summed E-state index contributed by atoms with van der Waals surface area (Å²) in [6.07, 6.45) is 0. The number of para-hydroxylation sites is 1. The molecule has 2 N–H and O–H groups in total. The van der Waals surface area contributed by atoms with E-state index in [-0.39, 0.29) is 5.91 Å². The van der Waals surface area contributed by atoms with Crippen LogP contribution in [-0.4, -0.2) is 20.7 Å². The third-order valence-electron chi connectivity index (χ3n) is 5.99. The van der Waals surface area contributed by atoms with Crippen LogP contribution >= 0.6 is 23.4 Å². The van der Waals surface area contributed by atoms with Gasteiger partial charge in [-0.3, -0.25) is 4.79 Å². The number of thioether (sulfide) groups is 1. The number of anilines is 2. The molecule has 1 aliphatic rings. The van der Waals surface area contributed by atoms with Crippen molar-refractivity contribution in [2.24, 2.45) is 0 Å². The standard InChI is InChI=1S/C27H23ClFN5OS/c1-16-9-3-8-14-22(16)31-25(35)23-17(2)30-26-32-27(36-15-18-10-4-6-12-20(18)28)33-34(26)24(23)19-11-5-7-13-21(19)29/h3-14,24H,15H2,1-2H3,(H,31,35)(H,30,32,33). The molecule has 0 fully saturated rings.